The number of hydrogen-bond donors (Lipinski definition) is 1. The fourth-order valence-corrected chi connectivity index (χ4v) is 3.79. The zero-order valence-corrected chi connectivity index (χ0v) is 15.8. The molecule has 0 aromatic heterocycles. The lowest BCUT2D eigenvalue weighted by Gasteiger charge is -2.36. The van der Waals surface area contributed by atoms with E-state index in [0.717, 1.165) is 45.7 Å². The topological polar surface area (TPSA) is 27.7 Å². The highest BCUT2D eigenvalue weighted by molar-refractivity contribution is 5.85. The van der Waals surface area contributed by atoms with Gasteiger partial charge in [-0.2, -0.15) is 0 Å². The maximum atomic E-state index is 14.2. The van der Waals surface area contributed by atoms with Crippen LogP contribution < -0.4 is 15.0 Å². The SMILES string of the molecule is COc1ccc(F)c(N2CCN(Cc3cccc4c3NCC4)CC2)c1.Cl. The quantitative estimate of drug-likeness (QED) is 0.881. The first-order valence-electron chi connectivity index (χ1n) is 8.90. The van der Waals surface area contributed by atoms with Gasteiger partial charge in [-0.1, -0.05) is 18.2 Å². The summed E-state index contributed by atoms with van der Waals surface area (Å²) in [6, 6.07) is 11.5. The zero-order valence-electron chi connectivity index (χ0n) is 15.0. The molecule has 4 nitrogen and oxygen atoms in total. The minimum atomic E-state index is -0.181. The Balaban J connectivity index is 0.00000196. The van der Waals surface area contributed by atoms with Crippen molar-refractivity contribution in [3.8, 4) is 5.75 Å². The Morgan fingerprint density at radius 1 is 1.12 bits per heavy atom. The molecule has 6 heteroatoms. The number of rotatable bonds is 4. The summed E-state index contributed by atoms with van der Waals surface area (Å²) in [6.45, 7) is 5.50. The van der Waals surface area contributed by atoms with E-state index in [9.17, 15) is 4.39 Å². The molecule has 26 heavy (non-hydrogen) atoms. The Bertz CT molecular complexity index is 763. The number of hydrogen-bond acceptors (Lipinski definition) is 4. The Labute approximate surface area is 160 Å². The molecule has 0 unspecified atom stereocenters. The second kappa shape index (κ2) is 8.14. The second-order valence-corrected chi connectivity index (χ2v) is 6.71. The minimum absolute atomic E-state index is 0. The fraction of sp³-hybridized carbons (Fsp3) is 0.400. The van der Waals surface area contributed by atoms with Gasteiger partial charge in [0.25, 0.3) is 0 Å². The van der Waals surface area contributed by atoms with E-state index >= 15 is 0 Å². The van der Waals surface area contributed by atoms with Crippen molar-refractivity contribution in [3.63, 3.8) is 0 Å². The lowest BCUT2D eigenvalue weighted by atomic mass is 10.1. The molecule has 0 saturated carbocycles. The molecular weight excluding hydrogens is 353 g/mol. The first kappa shape index (κ1) is 18.8. The number of anilines is 2. The van der Waals surface area contributed by atoms with Crippen LogP contribution in [0, 0.1) is 5.82 Å². The predicted octanol–water partition coefficient (Wildman–Crippen LogP) is 3.55. The number of benzene rings is 2. The average molecular weight is 378 g/mol. The van der Waals surface area contributed by atoms with E-state index in [1.165, 1.54) is 22.9 Å². The summed E-state index contributed by atoms with van der Waals surface area (Å²) in [5.74, 6) is 0.518. The summed E-state index contributed by atoms with van der Waals surface area (Å²) >= 11 is 0. The summed E-state index contributed by atoms with van der Waals surface area (Å²) in [5, 5.41) is 3.51. The van der Waals surface area contributed by atoms with Crippen molar-refractivity contribution >= 4 is 23.8 Å². The number of nitrogens with one attached hydrogen (secondary N) is 1. The van der Waals surface area contributed by atoms with Gasteiger partial charge in [-0.3, -0.25) is 4.90 Å². The molecule has 2 aromatic rings. The van der Waals surface area contributed by atoms with Gasteiger partial charge in [0.15, 0.2) is 0 Å². The molecule has 2 aliphatic heterocycles. The third-order valence-corrected chi connectivity index (χ3v) is 5.19. The molecule has 0 bridgehead atoms. The predicted molar refractivity (Wildman–Crippen MR) is 106 cm³/mol. The molecule has 4 rings (SSSR count). The van der Waals surface area contributed by atoms with Crippen LogP contribution in [0.3, 0.4) is 0 Å². The lowest BCUT2D eigenvalue weighted by molar-refractivity contribution is 0.249. The number of nitrogens with zero attached hydrogens (tertiary/aromatic N) is 2. The smallest absolute Gasteiger partial charge is 0.146 e. The maximum absolute atomic E-state index is 14.2. The zero-order chi connectivity index (χ0) is 17.2. The second-order valence-electron chi connectivity index (χ2n) is 6.71. The third kappa shape index (κ3) is 3.74. The lowest BCUT2D eigenvalue weighted by Crippen LogP contribution is -2.46. The Morgan fingerprint density at radius 3 is 2.69 bits per heavy atom. The number of para-hydroxylation sites is 1. The van der Waals surface area contributed by atoms with Crippen molar-refractivity contribution in [2.24, 2.45) is 0 Å². The standard InChI is InChI=1S/C20H24FN3O.ClH/c1-25-17-5-6-18(21)19(13-17)24-11-9-23(10-12-24)14-16-4-2-3-15-7-8-22-20(15)16;/h2-6,13,22H,7-12,14H2,1H3;1H. The molecule has 0 atom stereocenters. The molecule has 140 valence electrons. The van der Waals surface area contributed by atoms with Gasteiger partial charge in [-0.25, -0.2) is 4.39 Å². The normalized spacial score (nSPS) is 16.6. The molecule has 0 amide bonds. The third-order valence-electron chi connectivity index (χ3n) is 5.19. The summed E-state index contributed by atoms with van der Waals surface area (Å²) in [7, 11) is 1.61. The van der Waals surface area contributed by atoms with Gasteiger partial charge in [0.2, 0.25) is 0 Å². The van der Waals surface area contributed by atoms with E-state index < -0.39 is 0 Å². The van der Waals surface area contributed by atoms with Crippen molar-refractivity contribution < 1.29 is 9.13 Å². The van der Waals surface area contributed by atoms with E-state index in [0.29, 0.717) is 11.4 Å². The molecule has 2 aliphatic rings. The fourth-order valence-electron chi connectivity index (χ4n) is 3.79. The highest BCUT2D eigenvalue weighted by Crippen LogP contribution is 2.29. The Hall–Kier alpha value is -1.98. The first-order chi connectivity index (χ1) is 12.2. The van der Waals surface area contributed by atoms with Crippen LogP contribution in [0.5, 0.6) is 5.75 Å². The Kier molecular flexibility index (Phi) is 5.89. The molecule has 0 spiro atoms. The van der Waals surface area contributed by atoms with Gasteiger partial charge in [0, 0.05) is 51.0 Å². The van der Waals surface area contributed by atoms with Crippen LogP contribution in [0.4, 0.5) is 15.8 Å². The van der Waals surface area contributed by atoms with E-state index in [2.05, 4.69) is 33.3 Å². The van der Waals surface area contributed by atoms with Gasteiger partial charge in [0.1, 0.15) is 11.6 Å². The first-order valence-corrected chi connectivity index (χ1v) is 8.90. The van der Waals surface area contributed by atoms with E-state index in [-0.39, 0.29) is 18.2 Å². The van der Waals surface area contributed by atoms with Crippen LogP contribution in [0.2, 0.25) is 0 Å². The molecule has 1 fully saturated rings. The largest absolute Gasteiger partial charge is 0.497 e. The summed E-state index contributed by atoms with van der Waals surface area (Å²) in [5.41, 5.74) is 4.76. The highest BCUT2D eigenvalue weighted by atomic mass is 35.5. The average Bonchev–Trinajstić information content (AvgIpc) is 3.13. The van der Waals surface area contributed by atoms with Crippen LogP contribution in [0.15, 0.2) is 36.4 Å². The molecule has 0 radical (unpaired) electrons. The van der Waals surface area contributed by atoms with Crippen LogP contribution in [-0.4, -0.2) is 44.7 Å². The minimum Gasteiger partial charge on any atom is -0.497 e. The number of halogens is 2. The highest BCUT2D eigenvalue weighted by Gasteiger charge is 2.22. The number of piperazine rings is 1. The van der Waals surface area contributed by atoms with Gasteiger partial charge in [-0.05, 0) is 29.7 Å². The van der Waals surface area contributed by atoms with E-state index in [1.54, 1.807) is 19.2 Å². The van der Waals surface area contributed by atoms with Crippen molar-refractivity contribution in [2.75, 3.05) is 50.1 Å². The molecular formula is C20H25ClFN3O. The maximum Gasteiger partial charge on any atom is 0.146 e. The van der Waals surface area contributed by atoms with Gasteiger partial charge in [0.05, 0.1) is 12.8 Å². The number of ether oxygens (including phenoxy) is 1. The van der Waals surface area contributed by atoms with E-state index in [4.69, 9.17) is 4.74 Å². The molecule has 2 heterocycles. The van der Waals surface area contributed by atoms with Crippen molar-refractivity contribution in [2.45, 2.75) is 13.0 Å². The summed E-state index contributed by atoms with van der Waals surface area (Å²) < 4.78 is 19.4. The Morgan fingerprint density at radius 2 is 1.92 bits per heavy atom. The molecule has 1 N–H and O–H groups in total. The van der Waals surface area contributed by atoms with Crippen molar-refractivity contribution in [3.05, 3.63) is 53.3 Å². The molecule has 0 aliphatic carbocycles. The van der Waals surface area contributed by atoms with Crippen LogP contribution in [0.1, 0.15) is 11.1 Å². The van der Waals surface area contributed by atoms with Crippen LogP contribution >= 0.6 is 12.4 Å². The summed E-state index contributed by atoms with van der Waals surface area (Å²) in [4.78, 5) is 4.56. The number of fused-ring (bicyclic) bond motifs is 1. The van der Waals surface area contributed by atoms with Crippen LogP contribution in [-0.2, 0) is 13.0 Å². The molecule has 1 saturated heterocycles. The van der Waals surface area contributed by atoms with Gasteiger partial charge < -0.3 is 15.0 Å². The van der Waals surface area contributed by atoms with Crippen molar-refractivity contribution in [1.82, 2.24) is 4.90 Å². The van der Waals surface area contributed by atoms with Crippen molar-refractivity contribution in [1.29, 1.82) is 0 Å². The summed E-state index contributed by atoms with van der Waals surface area (Å²) in [6.07, 6.45) is 1.12. The van der Waals surface area contributed by atoms with Crippen LogP contribution in [0.25, 0.3) is 0 Å². The monoisotopic (exact) mass is 377 g/mol. The number of methoxy groups -OCH3 is 1. The van der Waals surface area contributed by atoms with Gasteiger partial charge >= 0.3 is 0 Å². The van der Waals surface area contributed by atoms with Gasteiger partial charge in [-0.15, -0.1) is 12.4 Å². The van der Waals surface area contributed by atoms with E-state index in [1.807, 2.05) is 0 Å². The molecule has 2 aromatic carbocycles.